The minimum atomic E-state index is 0.229. The van der Waals surface area contributed by atoms with Crippen LogP contribution < -0.4 is 5.32 Å². The number of aromatic nitrogens is 2. The van der Waals surface area contributed by atoms with Crippen LogP contribution in [-0.4, -0.2) is 41.0 Å². The highest BCUT2D eigenvalue weighted by Gasteiger charge is 2.20. The van der Waals surface area contributed by atoms with Crippen molar-refractivity contribution in [2.24, 2.45) is 0 Å². The summed E-state index contributed by atoms with van der Waals surface area (Å²) in [5.74, 6) is 0.988. The molecule has 1 aromatic rings. The van der Waals surface area contributed by atoms with E-state index >= 15 is 0 Å². The highest BCUT2D eigenvalue weighted by molar-refractivity contribution is 5.05. The van der Waals surface area contributed by atoms with Gasteiger partial charge in [-0.15, -0.1) is 6.58 Å². The fourth-order valence-electron chi connectivity index (χ4n) is 1.83. The minimum absolute atomic E-state index is 0.229. The molecule has 0 aliphatic carbocycles. The molecule has 1 atom stereocenters. The summed E-state index contributed by atoms with van der Waals surface area (Å²) in [5.41, 5.74) is 0. The first-order valence-corrected chi connectivity index (χ1v) is 4.98. The van der Waals surface area contributed by atoms with E-state index in [2.05, 4.69) is 26.8 Å². The Morgan fingerprint density at radius 2 is 2.29 bits per heavy atom. The Hall–Kier alpha value is -1.13. The molecule has 1 aliphatic rings. The molecule has 4 nitrogen and oxygen atoms in total. The van der Waals surface area contributed by atoms with Crippen molar-refractivity contribution in [3.8, 4) is 0 Å². The van der Waals surface area contributed by atoms with E-state index in [0.717, 1.165) is 32.0 Å². The van der Waals surface area contributed by atoms with Gasteiger partial charge >= 0.3 is 0 Å². The van der Waals surface area contributed by atoms with Crippen LogP contribution in [0.4, 0.5) is 0 Å². The van der Waals surface area contributed by atoms with Crippen LogP contribution in [-0.2, 0) is 0 Å². The highest BCUT2D eigenvalue weighted by atomic mass is 15.2. The Bertz CT molecular complexity index is 274. The third-order valence-corrected chi connectivity index (χ3v) is 2.57. The lowest BCUT2D eigenvalue weighted by atomic mass is 10.2. The van der Waals surface area contributed by atoms with E-state index in [1.807, 2.05) is 12.3 Å². The molecule has 1 fully saturated rings. The van der Waals surface area contributed by atoms with E-state index in [-0.39, 0.29) is 6.04 Å². The molecule has 2 heterocycles. The van der Waals surface area contributed by atoms with Gasteiger partial charge in [-0.1, -0.05) is 6.08 Å². The van der Waals surface area contributed by atoms with Crippen LogP contribution in [0.5, 0.6) is 0 Å². The van der Waals surface area contributed by atoms with Crippen LogP contribution in [0.1, 0.15) is 11.9 Å². The van der Waals surface area contributed by atoms with E-state index in [1.165, 1.54) is 0 Å². The number of aromatic amines is 1. The number of piperazine rings is 1. The molecule has 0 amide bonds. The second-order valence-corrected chi connectivity index (χ2v) is 3.44. The molecule has 1 unspecified atom stereocenters. The molecular formula is C10H16N4. The van der Waals surface area contributed by atoms with Crippen molar-refractivity contribution in [3.05, 3.63) is 30.9 Å². The van der Waals surface area contributed by atoms with Gasteiger partial charge in [0, 0.05) is 38.6 Å². The number of hydrogen-bond donors (Lipinski definition) is 2. The maximum absolute atomic E-state index is 4.27. The van der Waals surface area contributed by atoms with Crippen molar-refractivity contribution < 1.29 is 0 Å². The molecule has 0 saturated carbocycles. The topological polar surface area (TPSA) is 44.0 Å². The molecule has 0 spiro atoms. The molecule has 1 saturated heterocycles. The van der Waals surface area contributed by atoms with Crippen molar-refractivity contribution in [3.63, 3.8) is 0 Å². The highest BCUT2D eigenvalue weighted by Crippen LogP contribution is 2.17. The lowest BCUT2D eigenvalue weighted by Gasteiger charge is -2.31. The first-order chi connectivity index (χ1) is 6.92. The van der Waals surface area contributed by atoms with E-state index in [9.17, 15) is 0 Å². The Kier molecular flexibility index (Phi) is 2.96. The van der Waals surface area contributed by atoms with Crippen LogP contribution in [0.3, 0.4) is 0 Å². The molecule has 14 heavy (non-hydrogen) atoms. The Balaban J connectivity index is 2.08. The Labute approximate surface area is 84.0 Å². The van der Waals surface area contributed by atoms with Gasteiger partial charge in [0.2, 0.25) is 0 Å². The first kappa shape index (κ1) is 9.43. The summed E-state index contributed by atoms with van der Waals surface area (Å²) in [6, 6.07) is 0.229. The Morgan fingerprint density at radius 1 is 1.50 bits per heavy atom. The zero-order valence-electron chi connectivity index (χ0n) is 8.24. The van der Waals surface area contributed by atoms with E-state index in [1.54, 1.807) is 6.20 Å². The van der Waals surface area contributed by atoms with Gasteiger partial charge in [0.1, 0.15) is 5.82 Å². The number of nitrogens with zero attached hydrogens (tertiary/aromatic N) is 2. The van der Waals surface area contributed by atoms with Crippen molar-refractivity contribution in [1.29, 1.82) is 0 Å². The third kappa shape index (κ3) is 1.86. The fourth-order valence-corrected chi connectivity index (χ4v) is 1.83. The molecule has 1 aliphatic heterocycles. The third-order valence-electron chi connectivity index (χ3n) is 2.57. The summed E-state index contributed by atoms with van der Waals surface area (Å²) < 4.78 is 0. The van der Waals surface area contributed by atoms with Crippen molar-refractivity contribution in [2.75, 3.05) is 26.2 Å². The van der Waals surface area contributed by atoms with Gasteiger partial charge in [-0.3, -0.25) is 4.90 Å². The number of nitrogens with one attached hydrogen (secondary N) is 2. The molecular weight excluding hydrogens is 176 g/mol. The van der Waals surface area contributed by atoms with Gasteiger partial charge < -0.3 is 10.3 Å². The Morgan fingerprint density at radius 3 is 2.86 bits per heavy atom. The monoisotopic (exact) mass is 192 g/mol. The molecule has 0 aromatic carbocycles. The van der Waals surface area contributed by atoms with E-state index in [4.69, 9.17) is 0 Å². The van der Waals surface area contributed by atoms with Gasteiger partial charge in [0.05, 0.1) is 6.04 Å². The number of rotatable bonds is 3. The zero-order valence-corrected chi connectivity index (χ0v) is 8.24. The summed E-state index contributed by atoms with van der Waals surface area (Å²) in [4.78, 5) is 9.79. The predicted molar refractivity (Wildman–Crippen MR) is 56.0 cm³/mol. The molecule has 2 rings (SSSR count). The molecule has 0 bridgehead atoms. The maximum Gasteiger partial charge on any atom is 0.127 e. The zero-order chi connectivity index (χ0) is 9.80. The van der Waals surface area contributed by atoms with Gasteiger partial charge in [-0.2, -0.15) is 0 Å². The lowest BCUT2D eigenvalue weighted by Crippen LogP contribution is -2.44. The molecule has 76 valence electrons. The van der Waals surface area contributed by atoms with Crippen molar-refractivity contribution in [1.82, 2.24) is 20.2 Å². The normalized spacial score (nSPS) is 20.6. The van der Waals surface area contributed by atoms with Crippen LogP contribution in [0.2, 0.25) is 0 Å². The smallest absolute Gasteiger partial charge is 0.127 e. The number of hydrogen-bond acceptors (Lipinski definition) is 3. The summed E-state index contributed by atoms with van der Waals surface area (Å²) in [5, 5.41) is 3.33. The number of H-pyrrole nitrogens is 1. The SMILES string of the molecule is C=CC(c1ncc[nH]1)N1CCNCC1. The molecule has 2 N–H and O–H groups in total. The quantitative estimate of drug-likeness (QED) is 0.687. The lowest BCUT2D eigenvalue weighted by molar-refractivity contribution is 0.198. The van der Waals surface area contributed by atoms with Gasteiger partial charge in [0.15, 0.2) is 0 Å². The van der Waals surface area contributed by atoms with E-state index in [0.29, 0.717) is 0 Å². The van der Waals surface area contributed by atoms with Crippen molar-refractivity contribution in [2.45, 2.75) is 6.04 Å². The summed E-state index contributed by atoms with van der Waals surface area (Å²) >= 11 is 0. The fraction of sp³-hybridized carbons (Fsp3) is 0.500. The minimum Gasteiger partial charge on any atom is -0.347 e. The summed E-state index contributed by atoms with van der Waals surface area (Å²) in [6.07, 6.45) is 5.59. The molecule has 1 aromatic heterocycles. The molecule has 4 heteroatoms. The van der Waals surface area contributed by atoms with Crippen LogP contribution >= 0.6 is 0 Å². The largest absolute Gasteiger partial charge is 0.347 e. The van der Waals surface area contributed by atoms with Crippen LogP contribution in [0, 0.1) is 0 Å². The second-order valence-electron chi connectivity index (χ2n) is 3.44. The van der Waals surface area contributed by atoms with Gasteiger partial charge in [-0.25, -0.2) is 4.98 Å². The second kappa shape index (κ2) is 4.39. The van der Waals surface area contributed by atoms with Gasteiger partial charge in [0.25, 0.3) is 0 Å². The molecule has 0 radical (unpaired) electrons. The standard InChI is InChI=1S/C10H16N4/c1-2-9(10-12-3-4-13-10)14-7-5-11-6-8-14/h2-4,9,11H,1,5-8H2,(H,12,13). The predicted octanol–water partition coefficient (Wildman–Crippen LogP) is 0.542. The summed E-state index contributed by atoms with van der Waals surface area (Å²) in [7, 11) is 0. The number of imidazole rings is 1. The average molecular weight is 192 g/mol. The van der Waals surface area contributed by atoms with Crippen LogP contribution in [0.25, 0.3) is 0 Å². The first-order valence-electron chi connectivity index (χ1n) is 4.98. The van der Waals surface area contributed by atoms with Crippen LogP contribution in [0.15, 0.2) is 25.0 Å². The van der Waals surface area contributed by atoms with Gasteiger partial charge in [-0.05, 0) is 0 Å². The van der Waals surface area contributed by atoms with E-state index < -0.39 is 0 Å². The average Bonchev–Trinajstić information content (AvgIpc) is 2.74. The van der Waals surface area contributed by atoms with Crippen molar-refractivity contribution >= 4 is 0 Å². The summed E-state index contributed by atoms with van der Waals surface area (Å²) in [6.45, 7) is 8.07. The maximum atomic E-state index is 4.27.